The van der Waals surface area contributed by atoms with E-state index in [1.807, 2.05) is 0 Å². The third-order valence-electron chi connectivity index (χ3n) is 6.93. The Hall–Kier alpha value is -3.03. The van der Waals surface area contributed by atoms with E-state index in [-0.39, 0.29) is 18.3 Å². The maximum atomic E-state index is 12.5. The van der Waals surface area contributed by atoms with E-state index >= 15 is 0 Å². The molecule has 1 aliphatic heterocycles. The first-order valence-corrected chi connectivity index (χ1v) is 12.2. The Morgan fingerprint density at radius 1 is 1.31 bits per heavy atom. The molecule has 1 N–H and O–H groups in total. The van der Waals surface area contributed by atoms with Crippen molar-refractivity contribution < 1.29 is 28.9 Å². The van der Waals surface area contributed by atoms with Crippen LogP contribution in [0.2, 0.25) is 0 Å². The Balaban J connectivity index is 1.59. The van der Waals surface area contributed by atoms with Gasteiger partial charge in [-0.05, 0) is 37.8 Å². The van der Waals surface area contributed by atoms with E-state index in [9.17, 15) is 20.0 Å². The van der Waals surface area contributed by atoms with Crippen LogP contribution in [0.4, 0.5) is 0 Å². The first-order chi connectivity index (χ1) is 16.8. The highest BCUT2D eigenvalue weighted by Gasteiger charge is 2.60. The lowest BCUT2D eigenvalue weighted by molar-refractivity contribution is -0.163. The van der Waals surface area contributed by atoms with E-state index in [1.165, 1.54) is 17.3 Å². The van der Waals surface area contributed by atoms with Gasteiger partial charge in [0.05, 0.1) is 22.8 Å². The van der Waals surface area contributed by atoms with Crippen molar-refractivity contribution in [2.75, 3.05) is 6.61 Å². The Labute approximate surface area is 204 Å². The topological polar surface area (TPSA) is 136 Å². The lowest BCUT2D eigenvalue weighted by atomic mass is 9.87. The number of rotatable bonds is 7. The number of carbonyl (C=O) groups is 2. The minimum Gasteiger partial charge on any atom is -0.463 e. The van der Waals surface area contributed by atoms with Gasteiger partial charge in [-0.25, -0.2) is 9.50 Å². The number of aliphatic hydroxyl groups excluding tert-OH is 1. The molecule has 4 atom stereocenters. The number of nitriles is 1. The first-order valence-electron chi connectivity index (χ1n) is 12.2. The molecule has 10 heteroatoms. The average Bonchev–Trinajstić information content (AvgIpc) is 3.39. The smallest absolute Gasteiger partial charge is 0.308 e. The second-order valence-electron chi connectivity index (χ2n) is 9.76. The molecule has 0 radical (unpaired) electrons. The van der Waals surface area contributed by atoms with Crippen LogP contribution in [0.1, 0.15) is 63.8 Å². The van der Waals surface area contributed by atoms with E-state index in [1.54, 1.807) is 32.9 Å². The monoisotopic (exact) mass is 484 g/mol. The van der Waals surface area contributed by atoms with Gasteiger partial charge in [0, 0.05) is 6.42 Å². The number of esters is 2. The molecule has 2 aliphatic rings. The standard InChI is InChI=1S/C25H32N4O6/c1-15(2)24(32)34-22-19(12-33-21(30)11-17-7-5-4-6-8-17)35-25(13-26,23(22)31)20-10-9-18-16(3)27-14-28-29(18)20/h9-10,14-15,17,19,22-23,31H,4-8,11-12H2,1-3H3/t19-,22-,23-,25+/m1/s1. The summed E-state index contributed by atoms with van der Waals surface area (Å²) in [6.45, 7) is 4.88. The molecule has 0 spiro atoms. The van der Waals surface area contributed by atoms with Gasteiger partial charge in [0.15, 0.2) is 6.10 Å². The summed E-state index contributed by atoms with van der Waals surface area (Å²) in [7, 11) is 0. The average molecular weight is 485 g/mol. The van der Waals surface area contributed by atoms with Crippen LogP contribution in [0.5, 0.6) is 0 Å². The van der Waals surface area contributed by atoms with Crippen molar-refractivity contribution in [3.63, 3.8) is 0 Å². The number of aromatic nitrogens is 3. The maximum Gasteiger partial charge on any atom is 0.308 e. The third kappa shape index (κ3) is 4.88. The van der Waals surface area contributed by atoms with Crippen LogP contribution in [-0.4, -0.2) is 56.6 Å². The van der Waals surface area contributed by atoms with E-state index in [2.05, 4.69) is 16.2 Å². The molecular weight excluding hydrogens is 452 g/mol. The Morgan fingerprint density at radius 3 is 2.74 bits per heavy atom. The van der Waals surface area contributed by atoms with Crippen LogP contribution in [0.15, 0.2) is 18.5 Å². The van der Waals surface area contributed by atoms with Gasteiger partial charge in [0.25, 0.3) is 0 Å². The van der Waals surface area contributed by atoms with Crippen molar-refractivity contribution in [2.24, 2.45) is 11.8 Å². The quantitative estimate of drug-likeness (QED) is 0.588. The summed E-state index contributed by atoms with van der Waals surface area (Å²) >= 11 is 0. The van der Waals surface area contributed by atoms with Crippen LogP contribution in [0.3, 0.4) is 0 Å². The van der Waals surface area contributed by atoms with Gasteiger partial charge in [0.1, 0.15) is 31.2 Å². The summed E-state index contributed by atoms with van der Waals surface area (Å²) in [5.74, 6) is -1.08. The summed E-state index contributed by atoms with van der Waals surface area (Å²) in [5.41, 5.74) is -0.293. The number of aliphatic hydroxyl groups is 1. The molecule has 2 fully saturated rings. The van der Waals surface area contributed by atoms with Crippen molar-refractivity contribution in [3.05, 3.63) is 29.8 Å². The lowest BCUT2D eigenvalue weighted by Crippen LogP contribution is -2.43. The fourth-order valence-corrected chi connectivity index (χ4v) is 4.91. The normalized spacial score (nSPS) is 27.1. The molecule has 0 unspecified atom stereocenters. The molecule has 0 bridgehead atoms. The molecule has 1 saturated heterocycles. The zero-order chi connectivity index (χ0) is 25.2. The van der Waals surface area contributed by atoms with Crippen molar-refractivity contribution in [2.45, 2.75) is 83.2 Å². The van der Waals surface area contributed by atoms with Gasteiger partial charge in [-0.3, -0.25) is 9.59 Å². The number of fused-ring (bicyclic) bond motifs is 1. The van der Waals surface area contributed by atoms with E-state index in [4.69, 9.17) is 14.2 Å². The van der Waals surface area contributed by atoms with Gasteiger partial charge in [0.2, 0.25) is 5.60 Å². The van der Waals surface area contributed by atoms with Gasteiger partial charge in [-0.2, -0.15) is 10.4 Å². The Bertz CT molecular complexity index is 1120. The van der Waals surface area contributed by atoms with Crippen molar-refractivity contribution in [1.29, 1.82) is 5.26 Å². The number of nitrogens with zero attached hydrogens (tertiary/aromatic N) is 4. The van der Waals surface area contributed by atoms with Crippen molar-refractivity contribution in [1.82, 2.24) is 14.6 Å². The second-order valence-corrected chi connectivity index (χ2v) is 9.76. The summed E-state index contributed by atoms with van der Waals surface area (Å²) in [6.07, 6.45) is 3.31. The maximum absolute atomic E-state index is 12.5. The zero-order valence-corrected chi connectivity index (χ0v) is 20.3. The lowest BCUT2D eigenvalue weighted by Gasteiger charge is -2.25. The SMILES string of the molecule is Cc1ncnn2c([C@]3(C#N)O[C@H](COC(=O)CC4CCCCC4)[C@@H](OC(=O)C(C)C)[C@H]3O)ccc12. The fraction of sp³-hybridized carbons (Fsp3) is 0.640. The highest BCUT2D eigenvalue weighted by atomic mass is 16.6. The second kappa shape index (κ2) is 10.3. The molecular formula is C25H32N4O6. The van der Waals surface area contributed by atoms with Crippen molar-refractivity contribution in [3.8, 4) is 6.07 Å². The summed E-state index contributed by atoms with van der Waals surface area (Å²) in [6, 6.07) is 5.43. The van der Waals surface area contributed by atoms with E-state index in [0.717, 1.165) is 25.7 Å². The number of hydrogen-bond donors (Lipinski definition) is 1. The van der Waals surface area contributed by atoms with Crippen LogP contribution in [0.25, 0.3) is 5.52 Å². The van der Waals surface area contributed by atoms with Crippen molar-refractivity contribution >= 4 is 17.5 Å². The van der Waals surface area contributed by atoms with E-state index in [0.29, 0.717) is 23.5 Å². The van der Waals surface area contributed by atoms with Gasteiger partial charge < -0.3 is 19.3 Å². The summed E-state index contributed by atoms with van der Waals surface area (Å²) in [4.78, 5) is 29.1. The van der Waals surface area contributed by atoms with Gasteiger partial charge in [-0.1, -0.05) is 33.1 Å². The largest absolute Gasteiger partial charge is 0.463 e. The Morgan fingerprint density at radius 2 is 2.06 bits per heavy atom. The number of hydrogen-bond acceptors (Lipinski definition) is 9. The highest BCUT2D eigenvalue weighted by molar-refractivity contribution is 5.72. The van der Waals surface area contributed by atoms with Crippen LogP contribution in [-0.2, 0) is 29.4 Å². The predicted octanol–water partition coefficient (Wildman–Crippen LogP) is 2.60. The molecule has 2 aromatic heterocycles. The zero-order valence-electron chi connectivity index (χ0n) is 20.3. The predicted molar refractivity (Wildman–Crippen MR) is 123 cm³/mol. The number of ether oxygens (including phenoxy) is 3. The first kappa shape index (κ1) is 25.1. The molecule has 0 aromatic carbocycles. The number of carbonyl (C=O) groups excluding carboxylic acids is 2. The van der Waals surface area contributed by atoms with Crippen LogP contribution < -0.4 is 0 Å². The molecule has 2 aromatic rings. The van der Waals surface area contributed by atoms with E-state index < -0.39 is 35.8 Å². The third-order valence-corrected chi connectivity index (χ3v) is 6.93. The minimum atomic E-state index is -1.89. The van der Waals surface area contributed by atoms with Crippen LogP contribution in [0, 0.1) is 30.1 Å². The molecule has 188 valence electrons. The molecule has 0 amide bonds. The highest BCUT2D eigenvalue weighted by Crippen LogP contribution is 2.42. The molecule has 10 nitrogen and oxygen atoms in total. The fourth-order valence-electron chi connectivity index (χ4n) is 4.91. The molecule has 1 aliphatic carbocycles. The van der Waals surface area contributed by atoms with Gasteiger partial charge >= 0.3 is 11.9 Å². The minimum absolute atomic E-state index is 0.251. The molecule has 35 heavy (non-hydrogen) atoms. The number of aryl methyl sites for hydroxylation is 1. The molecule has 3 heterocycles. The molecule has 1 saturated carbocycles. The van der Waals surface area contributed by atoms with Gasteiger partial charge in [-0.15, -0.1) is 0 Å². The molecule has 4 rings (SSSR count). The summed E-state index contributed by atoms with van der Waals surface area (Å²) < 4.78 is 18.6. The Kier molecular flexibility index (Phi) is 7.38. The summed E-state index contributed by atoms with van der Waals surface area (Å²) in [5, 5.41) is 25.7. The van der Waals surface area contributed by atoms with Crippen LogP contribution >= 0.6 is 0 Å².